The van der Waals surface area contributed by atoms with E-state index in [1.807, 2.05) is 0 Å². The number of rotatable bonds is 2. The molecule has 4 heteroatoms. The third kappa shape index (κ3) is 2.37. The zero-order chi connectivity index (χ0) is 13.2. The van der Waals surface area contributed by atoms with Crippen LogP contribution in [0.2, 0.25) is 0 Å². The maximum atomic E-state index is 5.87. The van der Waals surface area contributed by atoms with Gasteiger partial charge in [-0.25, -0.2) is 0 Å². The summed E-state index contributed by atoms with van der Waals surface area (Å²) in [6, 6.07) is 4.86. The average molecular weight is 262 g/mol. The van der Waals surface area contributed by atoms with E-state index in [1.165, 1.54) is 11.3 Å². The monoisotopic (exact) mass is 262 g/mol. The number of nitrogens with one attached hydrogen (secondary N) is 1. The number of hydrogen-bond donors (Lipinski definition) is 1. The highest BCUT2D eigenvalue weighted by Gasteiger charge is 2.25. The lowest BCUT2D eigenvalue weighted by Gasteiger charge is -2.38. The van der Waals surface area contributed by atoms with Gasteiger partial charge in [-0.3, -0.25) is 0 Å². The van der Waals surface area contributed by atoms with Crippen molar-refractivity contribution in [2.45, 2.75) is 26.3 Å². The first kappa shape index (κ1) is 12.6. The van der Waals surface area contributed by atoms with Crippen LogP contribution < -0.4 is 19.7 Å². The lowest BCUT2D eigenvalue weighted by molar-refractivity contribution is 0.171. The largest absolute Gasteiger partial charge is 0.486 e. The Morgan fingerprint density at radius 1 is 1.32 bits per heavy atom. The van der Waals surface area contributed by atoms with Crippen molar-refractivity contribution < 1.29 is 9.47 Å². The van der Waals surface area contributed by atoms with Gasteiger partial charge in [-0.2, -0.15) is 0 Å². The molecule has 4 nitrogen and oxygen atoms in total. The molecule has 2 heterocycles. The second-order valence-corrected chi connectivity index (χ2v) is 5.24. The molecular formula is C15H22N2O2. The molecule has 0 bridgehead atoms. The van der Waals surface area contributed by atoms with Gasteiger partial charge < -0.3 is 19.7 Å². The first-order chi connectivity index (χ1) is 9.29. The molecule has 1 N–H and O–H groups in total. The smallest absolute Gasteiger partial charge is 0.184 e. The number of fused-ring (bicyclic) bond motifs is 1. The number of hydrogen-bond acceptors (Lipinski definition) is 4. The zero-order valence-electron chi connectivity index (χ0n) is 11.7. The number of piperazine rings is 1. The highest BCUT2D eigenvalue weighted by Crippen LogP contribution is 2.41. The van der Waals surface area contributed by atoms with Gasteiger partial charge >= 0.3 is 0 Å². The van der Waals surface area contributed by atoms with Gasteiger partial charge in [0.05, 0.1) is 5.69 Å². The maximum absolute atomic E-state index is 5.87. The maximum Gasteiger partial charge on any atom is 0.184 e. The Hall–Kier alpha value is -1.42. The molecule has 104 valence electrons. The Morgan fingerprint density at radius 2 is 2.16 bits per heavy atom. The Balaban J connectivity index is 2.02. The normalized spacial score (nSPS) is 22.4. The molecule has 2 aliphatic heterocycles. The van der Waals surface area contributed by atoms with Crippen molar-refractivity contribution in [2.75, 3.05) is 37.7 Å². The van der Waals surface area contributed by atoms with Gasteiger partial charge in [0.15, 0.2) is 11.5 Å². The van der Waals surface area contributed by atoms with E-state index in [0.717, 1.165) is 37.6 Å². The summed E-state index contributed by atoms with van der Waals surface area (Å²) in [5.41, 5.74) is 2.51. The van der Waals surface area contributed by atoms with Crippen molar-refractivity contribution in [3.8, 4) is 11.5 Å². The Kier molecular flexibility index (Phi) is 3.51. The van der Waals surface area contributed by atoms with Gasteiger partial charge in [-0.1, -0.05) is 6.92 Å². The molecule has 0 aliphatic carbocycles. The molecular weight excluding hydrogens is 240 g/mol. The first-order valence-electron chi connectivity index (χ1n) is 7.19. The highest BCUT2D eigenvalue weighted by atomic mass is 16.6. The fourth-order valence-electron chi connectivity index (χ4n) is 2.81. The van der Waals surface area contributed by atoms with Crippen molar-refractivity contribution in [2.24, 2.45) is 0 Å². The number of ether oxygens (including phenoxy) is 2. The Bertz CT molecular complexity index is 462. The predicted molar refractivity (Wildman–Crippen MR) is 76.5 cm³/mol. The first-order valence-corrected chi connectivity index (χ1v) is 7.19. The quantitative estimate of drug-likeness (QED) is 0.881. The Labute approximate surface area is 114 Å². The minimum Gasteiger partial charge on any atom is -0.486 e. The molecule has 1 aromatic rings. The summed E-state index contributed by atoms with van der Waals surface area (Å²) in [5.74, 6) is 1.84. The molecule has 0 aromatic heterocycles. The van der Waals surface area contributed by atoms with Crippen molar-refractivity contribution in [3.05, 3.63) is 17.7 Å². The fourth-order valence-corrected chi connectivity index (χ4v) is 2.81. The van der Waals surface area contributed by atoms with Crippen LogP contribution in [0.25, 0.3) is 0 Å². The summed E-state index contributed by atoms with van der Waals surface area (Å²) >= 11 is 0. The van der Waals surface area contributed by atoms with Gasteiger partial charge in [0, 0.05) is 25.7 Å². The van der Waals surface area contributed by atoms with E-state index in [2.05, 4.69) is 36.2 Å². The minimum absolute atomic E-state index is 0.482. The van der Waals surface area contributed by atoms with Crippen molar-refractivity contribution in [1.82, 2.24) is 5.32 Å². The van der Waals surface area contributed by atoms with Gasteiger partial charge in [-0.05, 0) is 31.0 Å². The standard InChI is InChI=1S/C15H22N2O2/c1-3-12-8-13(17-5-4-16-10-11(17)2)15-14(9-12)18-6-7-19-15/h8-9,11,16H,3-7,10H2,1-2H3. The van der Waals surface area contributed by atoms with Gasteiger partial charge in [0.25, 0.3) is 0 Å². The Morgan fingerprint density at radius 3 is 2.95 bits per heavy atom. The number of benzene rings is 1. The fraction of sp³-hybridized carbons (Fsp3) is 0.600. The second kappa shape index (κ2) is 5.29. The number of aryl methyl sites for hydroxylation is 1. The van der Waals surface area contributed by atoms with E-state index >= 15 is 0 Å². The summed E-state index contributed by atoms with van der Waals surface area (Å²) in [5, 5.41) is 3.43. The van der Waals surface area contributed by atoms with E-state index in [9.17, 15) is 0 Å². The molecule has 0 radical (unpaired) electrons. The van der Waals surface area contributed by atoms with Crippen LogP contribution >= 0.6 is 0 Å². The third-order valence-electron chi connectivity index (χ3n) is 3.90. The SMILES string of the molecule is CCc1cc2c(c(N3CCNCC3C)c1)OCCO2. The lowest BCUT2D eigenvalue weighted by Crippen LogP contribution is -2.50. The molecule has 1 saturated heterocycles. The van der Waals surface area contributed by atoms with E-state index in [-0.39, 0.29) is 0 Å². The molecule has 0 amide bonds. The number of anilines is 1. The van der Waals surface area contributed by atoms with Gasteiger partial charge in [-0.15, -0.1) is 0 Å². The van der Waals surface area contributed by atoms with E-state index in [1.54, 1.807) is 0 Å². The van der Waals surface area contributed by atoms with Crippen LogP contribution in [-0.2, 0) is 6.42 Å². The van der Waals surface area contributed by atoms with Crippen LogP contribution in [0.3, 0.4) is 0 Å². The van der Waals surface area contributed by atoms with Crippen LogP contribution in [0, 0.1) is 0 Å². The zero-order valence-corrected chi connectivity index (χ0v) is 11.7. The van der Waals surface area contributed by atoms with Gasteiger partial charge in [0.1, 0.15) is 13.2 Å². The third-order valence-corrected chi connectivity index (χ3v) is 3.90. The number of nitrogens with zero attached hydrogens (tertiary/aromatic N) is 1. The molecule has 2 aliphatic rings. The molecule has 0 saturated carbocycles. The molecule has 3 rings (SSSR count). The van der Waals surface area contributed by atoms with Crippen LogP contribution in [0.4, 0.5) is 5.69 Å². The van der Waals surface area contributed by atoms with Crippen LogP contribution in [0.1, 0.15) is 19.4 Å². The van der Waals surface area contributed by atoms with E-state index < -0.39 is 0 Å². The summed E-state index contributed by atoms with van der Waals surface area (Å²) in [6.45, 7) is 8.78. The molecule has 19 heavy (non-hydrogen) atoms. The van der Waals surface area contributed by atoms with Crippen molar-refractivity contribution >= 4 is 5.69 Å². The summed E-state index contributed by atoms with van der Waals surface area (Å²) in [7, 11) is 0. The average Bonchev–Trinajstić information content (AvgIpc) is 2.46. The van der Waals surface area contributed by atoms with Crippen molar-refractivity contribution in [3.63, 3.8) is 0 Å². The molecule has 1 aromatic carbocycles. The van der Waals surface area contributed by atoms with Crippen LogP contribution in [-0.4, -0.2) is 38.9 Å². The molecule has 0 spiro atoms. The van der Waals surface area contributed by atoms with Gasteiger partial charge in [0.2, 0.25) is 0 Å². The van der Waals surface area contributed by atoms with Crippen molar-refractivity contribution in [1.29, 1.82) is 0 Å². The lowest BCUT2D eigenvalue weighted by atomic mass is 10.1. The minimum atomic E-state index is 0.482. The molecule has 1 atom stereocenters. The molecule has 1 unspecified atom stereocenters. The van der Waals surface area contributed by atoms with E-state index in [0.29, 0.717) is 19.3 Å². The second-order valence-electron chi connectivity index (χ2n) is 5.24. The topological polar surface area (TPSA) is 33.7 Å². The summed E-state index contributed by atoms with van der Waals surface area (Å²) in [4.78, 5) is 2.43. The highest BCUT2D eigenvalue weighted by molar-refractivity contribution is 5.67. The van der Waals surface area contributed by atoms with E-state index in [4.69, 9.17) is 9.47 Å². The predicted octanol–water partition coefficient (Wildman–Crippen LogP) is 1.82. The van der Waals surface area contributed by atoms with Crippen LogP contribution in [0.5, 0.6) is 11.5 Å². The summed E-state index contributed by atoms with van der Waals surface area (Å²) in [6.07, 6.45) is 1.02. The van der Waals surface area contributed by atoms with Crippen LogP contribution in [0.15, 0.2) is 12.1 Å². The molecule has 1 fully saturated rings. The summed E-state index contributed by atoms with van der Waals surface area (Å²) < 4.78 is 11.6.